The van der Waals surface area contributed by atoms with E-state index < -0.39 is 15.8 Å². The van der Waals surface area contributed by atoms with E-state index in [1.54, 1.807) is 0 Å². The Bertz CT molecular complexity index is 283. The lowest BCUT2D eigenvalue weighted by atomic mass is 10.1. The predicted molar refractivity (Wildman–Crippen MR) is 53.0 cm³/mol. The van der Waals surface area contributed by atoms with Crippen molar-refractivity contribution in [3.8, 4) is 0 Å². The Labute approximate surface area is 84.5 Å². The minimum atomic E-state index is -3.43. The van der Waals surface area contributed by atoms with E-state index in [9.17, 15) is 13.5 Å². The molecule has 0 radical (unpaired) electrons. The van der Waals surface area contributed by atoms with Crippen LogP contribution in [0.25, 0.3) is 0 Å². The summed E-state index contributed by atoms with van der Waals surface area (Å²) < 4.78 is 26.1. The van der Waals surface area contributed by atoms with E-state index in [0.717, 1.165) is 10.8 Å². The van der Waals surface area contributed by atoms with Crippen LogP contribution in [0.1, 0.15) is 6.42 Å². The number of nitrogens with zero attached hydrogens (tertiary/aromatic N) is 1. The molecular weight excluding hydrogens is 206 g/mol. The van der Waals surface area contributed by atoms with Crippen LogP contribution in [-0.4, -0.2) is 57.2 Å². The van der Waals surface area contributed by atoms with Gasteiger partial charge in [0, 0.05) is 27.2 Å². The highest BCUT2D eigenvalue weighted by Crippen LogP contribution is 2.12. The van der Waals surface area contributed by atoms with Crippen LogP contribution in [0.5, 0.6) is 0 Å². The molecule has 6 nitrogen and oxygen atoms in total. The molecule has 1 fully saturated rings. The van der Waals surface area contributed by atoms with Crippen LogP contribution in [0.3, 0.4) is 0 Å². The van der Waals surface area contributed by atoms with Gasteiger partial charge in [0.05, 0.1) is 5.60 Å². The molecule has 1 heterocycles. The number of nitrogens with one attached hydrogen (secondary N) is 2. The standard InChI is InChI=1S/C7H17N3O3S/c1-10(2)14(12,13)9-6-7(11)3-4-8-5-7/h8-9,11H,3-6H2,1-2H3. The van der Waals surface area contributed by atoms with Crippen molar-refractivity contribution >= 4 is 10.2 Å². The van der Waals surface area contributed by atoms with E-state index in [0.29, 0.717) is 13.0 Å². The zero-order valence-electron chi connectivity index (χ0n) is 8.45. The van der Waals surface area contributed by atoms with Gasteiger partial charge in [0.25, 0.3) is 10.2 Å². The highest BCUT2D eigenvalue weighted by Gasteiger charge is 2.32. The number of rotatable bonds is 4. The largest absolute Gasteiger partial charge is 0.387 e. The zero-order valence-corrected chi connectivity index (χ0v) is 9.26. The van der Waals surface area contributed by atoms with Gasteiger partial charge in [-0.1, -0.05) is 0 Å². The lowest BCUT2D eigenvalue weighted by Crippen LogP contribution is -2.47. The molecule has 0 aliphatic carbocycles. The quantitative estimate of drug-likeness (QED) is 0.520. The van der Waals surface area contributed by atoms with E-state index in [1.165, 1.54) is 14.1 Å². The Balaban J connectivity index is 2.48. The number of hydrogen-bond acceptors (Lipinski definition) is 4. The summed E-state index contributed by atoms with van der Waals surface area (Å²) in [5, 5.41) is 12.8. The van der Waals surface area contributed by atoms with E-state index in [4.69, 9.17) is 0 Å². The first-order valence-corrected chi connectivity index (χ1v) is 5.90. The fourth-order valence-corrected chi connectivity index (χ4v) is 1.95. The summed E-state index contributed by atoms with van der Waals surface area (Å²) in [4.78, 5) is 0. The maximum absolute atomic E-state index is 11.3. The summed E-state index contributed by atoms with van der Waals surface area (Å²) in [5.74, 6) is 0. The Morgan fingerprint density at radius 2 is 2.21 bits per heavy atom. The van der Waals surface area contributed by atoms with Crippen molar-refractivity contribution in [2.45, 2.75) is 12.0 Å². The Hall–Kier alpha value is -0.210. The third-order valence-electron chi connectivity index (χ3n) is 2.29. The maximum atomic E-state index is 11.3. The average molecular weight is 223 g/mol. The number of aliphatic hydroxyl groups is 1. The second kappa shape index (κ2) is 4.11. The smallest absolute Gasteiger partial charge is 0.279 e. The Morgan fingerprint density at radius 3 is 2.64 bits per heavy atom. The molecule has 0 aromatic heterocycles. The Kier molecular flexibility index (Phi) is 3.49. The molecule has 1 aliphatic heterocycles. The molecule has 0 amide bonds. The first-order chi connectivity index (χ1) is 6.36. The molecule has 0 aromatic rings. The van der Waals surface area contributed by atoms with E-state index in [1.807, 2.05) is 0 Å². The average Bonchev–Trinajstić information content (AvgIpc) is 2.50. The molecule has 1 aliphatic rings. The first kappa shape index (κ1) is 11.9. The van der Waals surface area contributed by atoms with Crippen LogP contribution in [-0.2, 0) is 10.2 Å². The summed E-state index contributed by atoms with van der Waals surface area (Å²) in [6.07, 6.45) is 0.572. The molecule has 0 bridgehead atoms. The number of β-amino-alcohol motifs (C(OH)–C–C–N with tert-alkyl or cyclic N) is 1. The lowest BCUT2D eigenvalue weighted by molar-refractivity contribution is 0.0664. The van der Waals surface area contributed by atoms with Crippen LogP contribution in [0.4, 0.5) is 0 Å². The van der Waals surface area contributed by atoms with Crippen molar-refractivity contribution in [2.75, 3.05) is 33.7 Å². The van der Waals surface area contributed by atoms with Gasteiger partial charge < -0.3 is 10.4 Å². The molecule has 3 N–H and O–H groups in total. The highest BCUT2D eigenvalue weighted by atomic mass is 32.2. The fourth-order valence-electron chi connectivity index (χ4n) is 1.24. The highest BCUT2D eigenvalue weighted by molar-refractivity contribution is 7.87. The molecule has 1 rings (SSSR count). The van der Waals surface area contributed by atoms with Gasteiger partial charge in [0.2, 0.25) is 0 Å². The van der Waals surface area contributed by atoms with Crippen molar-refractivity contribution in [2.24, 2.45) is 0 Å². The summed E-state index contributed by atoms with van der Waals surface area (Å²) in [5.41, 5.74) is -0.941. The summed E-state index contributed by atoms with van der Waals surface area (Å²) in [6.45, 7) is 1.21. The van der Waals surface area contributed by atoms with Crippen LogP contribution in [0, 0.1) is 0 Å². The topological polar surface area (TPSA) is 81.7 Å². The maximum Gasteiger partial charge on any atom is 0.279 e. The van der Waals surface area contributed by atoms with E-state index in [-0.39, 0.29) is 6.54 Å². The normalized spacial score (nSPS) is 28.6. The predicted octanol–water partition coefficient (Wildman–Crippen LogP) is -1.89. The molecule has 1 atom stereocenters. The van der Waals surface area contributed by atoms with Crippen molar-refractivity contribution in [3.63, 3.8) is 0 Å². The molecule has 0 saturated carbocycles. The molecule has 1 saturated heterocycles. The summed E-state index contributed by atoms with van der Waals surface area (Å²) in [7, 11) is -0.541. The summed E-state index contributed by atoms with van der Waals surface area (Å²) in [6, 6.07) is 0. The van der Waals surface area contributed by atoms with E-state index >= 15 is 0 Å². The number of hydrogen-bond donors (Lipinski definition) is 3. The molecule has 14 heavy (non-hydrogen) atoms. The fraction of sp³-hybridized carbons (Fsp3) is 1.00. The molecule has 1 unspecified atom stereocenters. The van der Waals surface area contributed by atoms with Gasteiger partial charge in [-0.25, -0.2) is 0 Å². The van der Waals surface area contributed by atoms with Gasteiger partial charge in [0.1, 0.15) is 0 Å². The monoisotopic (exact) mass is 223 g/mol. The summed E-state index contributed by atoms with van der Waals surface area (Å²) >= 11 is 0. The van der Waals surface area contributed by atoms with Crippen molar-refractivity contribution in [1.29, 1.82) is 0 Å². The molecule has 84 valence electrons. The Morgan fingerprint density at radius 1 is 1.57 bits per heavy atom. The minimum absolute atomic E-state index is 0.0561. The second-order valence-electron chi connectivity index (χ2n) is 3.76. The molecular formula is C7H17N3O3S. The van der Waals surface area contributed by atoms with Crippen molar-refractivity contribution in [3.05, 3.63) is 0 Å². The minimum Gasteiger partial charge on any atom is -0.387 e. The second-order valence-corrected chi connectivity index (χ2v) is 5.73. The van der Waals surface area contributed by atoms with E-state index in [2.05, 4.69) is 10.0 Å². The van der Waals surface area contributed by atoms with Crippen molar-refractivity contribution in [1.82, 2.24) is 14.3 Å². The van der Waals surface area contributed by atoms with Crippen LogP contribution >= 0.6 is 0 Å². The van der Waals surface area contributed by atoms with Gasteiger partial charge in [-0.3, -0.25) is 0 Å². The SMILES string of the molecule is CN(C)S(=O)(=O)NCC1(O)CCNC1. The van der Waals surface area contributed by atoms with Gasteiger partial charge in [-0.05, 0) is 13.0 Å². The van der Waals surface area contributed by atoms with Gasteiger partial charge in [-0.2, -0.15) is 17.4 Å². The molecule has 7 heteroatoms. The van der Waals surface area contributed by atoms with Crippen LogP contribution in [0.15, 0.2) is 0 Å². The third-order valence-corrected chi connectivity index (χ3v) is 3.76. The third kappa shape index (κ3) is 2.89. The van der Waals surface area contributed by atoms with Gasteiger partial charge in [-0.15, -0.1) is 0 Å². The lowest BCUT2D eigenvalue weighted by Gasteiger charge is -2.22. The zero-order chi connectivity index (χ0) is 10.8. The van der Waals surface area contributed by atoms with Crippen molar-refractivity contribution < 1.29 is 13.5 Å². The molecule has 0 spiro atoms. The van der Waals surface area contributed by atoms with Crippen LogP contribution < -0.4 is 10.0 Å². The van der Waals surface area contributed by atoms with Crippen LogP contribution in [0.2, 0.25) is 0 Å². The molecule has 0 aromatic carbocycles. The van der Waals surface area contributed by atoms with Gasteiger partial charge >= 0.3 is 0 Å². The van der Waals surface area contributed by atoms with Gasteiger partial charge in [0.15, 0.2) is 0 Å². The first-order valence-electron chi connectivity index (χ1n) is 4.46.